The summed E-state index contributed by atoms with van der Waals surface area (Å²) in [5.41, 5.74) is 3.54. The van der Waals surface area contributed by atoms with Crippen LogP contribution >= 0.6 is 0 Å². The summed E-state index contributed by atoms with van der Waals surface area (Å²) in [5.74, 6) is 0.602. The number of rotatable bonds is 4. The zero-order valence-corrected chi connectivity index (χ0v) is 14.1. The van der Waals surface area contributed by atoms with E-state index in [1.807, 2.05) is 42.5 Å². The molecule has 128 valence electrons. The highest BCUT2D eigenvalue weighted by Crippen LogP contribution is 2.27. The molecule has 0 atom stereocenters. The second-order valence-corrected chi connectivity index (χ2v) is 5.97. The van der Waals surface area contributed by atoms with Crippen molar-refractivity contribution in [3.05, 3.63) is 77.0 Å². The van der Waals surface area contributed by atoms with Gasteiger partial charge in [0, 0.05) is 27.7 Å². The monoisotopic (exact) mass is 346 g/mol. The van der Waals surface area contributed by atoms with Gasteiger partial charge in [0.2, 0.25) is 0 Å². The molecule has 1 N–H and O–H groups in total. The van der Waals surface area contributed by atoms with Crippen molar-refractivity contribution in [2.75, 3.05) is 7.05 Å². The number of nitrogens with zero attached hydrogens (tertiary/aromatic N) is 5. The van der Waals surface area contributed by atoms with E-state index < -0.39 is 0 Å². The minimum atomic E-state index is -0.0539. The third kappa shape index (κ3) is 2.90. The molecule has 0 fully saturated rings. The van der Waals surface area contributed by atoms with Crippen molar-refractivity contribution in [3.8, 4) is 17.0 Å². The summed E-state index contributed by atoms with van der Waals surface area (Å²) < 4.78 is 2.34. The van der Waals surface area contributed by atoms with Crippen LogP contribution in [0, 0.1) is 4.91 Å². The molecule has 2 heterocycles. The number of aromatic hydroxyl groups is 1. The van der Waals surface area contributed by atoms with Gasteiger partial charge in [-0.15, -0.1) is 10.2 Å². The molecule has 0 radical (unpaired) electrons. The first-order valence-electron chi connectivity index (χ1n) is 8.11. The third-order valence-corrected chi connectivity index (χ3v) is 4.14. The molecular formula is C19H16N5O2+. The molecule has 4 rings (SSSR count). The molecule has 0 amide bonds. The predicted octanol–water partition coefficient (Wildman–Crippen LogP) is 3.13. The number of fused-ring (bicyclic) bond motifs is 1. The van der Waals surface area contributed by atoms with Gasteiger partial charge in [0.1, 0.15) is 0 Å². The van der Waals surface area contributed by atoms with Crippen LogP contribution in [-0.2, 0) is 6.42 Å². The molecule has 0 aliphatic rings. The first-order valence-corrected chi connectivity index (χ1v) is 8.11. The fourth-order valence-electron chi connectivity index (χ4n) is 2.82. The Labute approximate surface area is 149 Å². The summed E-state index contributed by atoms with van der Waals surface area (Å²) in [5, 5.41) is 22.8. The topological polar surface area (TPSA) is 83.4 Å². The van der Waals surface area contributed by atoms with Gasteiger partial charge in [-0.25, -0.2) is 0 Å². The van der Waals surface area contributed by atoms with Gasteiger partial charge >= 0.3 is 0 Å². The van der Waals surface area contributed by atoms with Crippen LogP contribution in [0.5, 0.6) is 5.75 Å². The Balaban J connectivity index is 1.73. The number of hydrogen-bond donors (Lipinski definition) is 1. The van der Waals surface area contributed by atoms with Crippen LogP contribution in [0.1, 0.15) is 11.4 Å². The number of benzene rings is 2. The fourth-order valence-corrected chi connectivity index (χ4v) is 2.82. The second kappa shape index (κ2) is 6.36. The van der Waals surface area contributed by atoms with Crippen molar-refractivity contribution in [1.82, 2.24) is 19.8 Å². The molecule has 0 aliphatic heterocycles. The maximum absolute atomic E-state index is 11.5. The maximum atomic E-state index is 11.5. The Morgan fingerprint density at radius 2 is 1.85 bits per heavy atom. The molecule has 0 spiro atoms. The molecule has 26 heavy (non-hydrogen) atoms. The number of phenolic OH excluding ortho intramolecular Hbond substituents is 1. The van der Waals surface area contributed by atoms with Crippen LogP contribution in [0.25, 0.3) is 16.9 Å². The van der Waals surface area contributed by atoms with Gasteiger partial charge in [-0.3, -0.25) is 0 Å². The highest BCUT2D eigenvalue weighted by Gasteiger charge is 2.16. The highest BCUT2D eigenvalue weighted by atomic mass is 16.3. The normalized spacial score (nSPS) is 11.0. The quantitative estimate of drug-likeness (QED) is 0.574. The molecular weight excluding hydrogens is 330 g/mol. The van der Waals surface area contributed by atoms with Gasteiger partial charge in [0.05, 0.1) is 5.69 Å². The van der Waals surface area contributed by atoms with Crippen molar-refractivity contribution in [1.29, 1.82) is 0 Å². The van der Waals surface area contributed by atoms with E-state index in [2.05, 4.69) is 15.3 Å². The van der Waals surface area contributed by atoms with Crippen LogP contribution in [0.3, 0.4) is 0 Å². The average molecular weight is 346 g/mol. The lowest BCUT2D eigenvalue weighted by molar-refractivity contribution is -0.429. The van der Waals surface area contributed by atoms with E-state index in [9.17, 15) is 10.0 Å². The number of aromatic nitrogens is 4. The van der Waals surface area contributed by atoms with Crippen molar-refractivity contribution < 1.29 is 9.87 Å². The van der Waals surface area contributed by atoms with Crippen LogP contribution in [0.4, 0.5) is 5.69 Å². The SMILES string of the molecule is C[N+](=O)c1cc(Cc2nnc3ccc(-c4ccccc4)nn23)ccc1O. The van der Waals surface area contributed by atoms with E-state index in [1.54, 1.807) is 16.6 Å². The minimum absolute atomic E-state index is 0.0539. The first kappa shape index (κ1) is 15.9. The fraction of sp³-hybridized carbons (Fsp3) is 0.105. The lowest BCUT2D eigenvalue weighted by Crippen LogP contribution is -2.02. The van der Waals surface area contributed by atoms with Gasteiger partial charge in [-0.2, -0.15) is 9.61 Å². The summed E-state index contributed by atoms with van der Waals surface area (Å²) in [4.78, 5) is 11.5. The molecule has 0 saturated heterocycles. The molecule has 0 saturated carbocycles. The van der Waals surface area contributed by atoms with Crippen LogP contribution in [0.2, 0.25) is 0 Å². The van der Waals surface area contributed by atoms with E-state index in [4.69, 9.17) is 0 Å². The summed E-state index contributed by atoms with van der Waals surface area (Å²) in [6, 6.07) is 18.6. The largest absolute Gasteiger partial charge is 0.502 e. The second-order valence-electron chi connectivity index (χ2n) is 5.97. The molecule has 0 bridgehead atoms. The lowest BCUT2D eigenvalue weighted by atomic mass is 10.1. The van der Waals surface area contributed by atoms with Gasteiger partial charge in [-0.05, 0) is 23.8 Å². The lowest BCUT2D eigenvalue weighted by Gasteiger charge is -2.04. The summed E-state index contributed by atoms with van der Waals surface area (Å²) in [6.45, 7) is 0. The zero-order valence-electron chi connectivity index (χ0n) is 14.1. The molecule has 7 heteroatoms. The van der Waals surface area contributed by atoms with Gasteiger partial charge in [0.25, 0.3) is 5.69 Å². The highest BCUT2D eigenvalue weighted by molar-refractivity contribution is 5.60. The Bertz CT molecular complexity index is 1110. The van der Waals surface area contributed by atoms with Gasteiger partial charge in [-0.1, -0.05) is 36.4 Å². The van der Waals surface area contributed by atoms with Gasteiger partial charge in [0.15, 0.2) is 24.3 Å². The van der Waals surface area contributed by atoms with Crippen LogP contribution < -0.4 is 0 Å². The van der Waals surface area contributed by atoms with Crippen molar-refractivity contribution in [3.63, 3.8) is 0 Å². The molecule has 0 unspecified atom stereocenters. The Morgan fingerprint density at radius 3 is 2.62 bits per heavy atom. The van der Waals surface area contributed by atoms with Crippen molar-refractivity contribution in [2.24, 2.45) is 0 Å². The standard InChI is InChI=1S/C19H15N5O2/c1-23(26)16-11-13(7-9-17(16)25)12-19-21-20-18-10-8-15(22-24(18)19)14-5-3-2-4-6-14/h2-11H,12H2,1H3/p+1. The third-order valence-electron chi connectivity index (χ3n) is 4.14. The van der Waals surface area contributed by atoms with E-state index in [0.29, 0.717) is 22.7 Å². The maximum Gasteiger partial charge on any atom is 0.297 e. The Kier molecular flexibility index (Phi) is 3.89. The molecule has 0 aliphatic carbocycles. The summed E-state index contributed by atoms with van der Waals surface area (Å²) in [7, 11) is 1.35. The molecule has 4 aromatic rings. The number of hydrogen-bond acceptors (Lipinski definition) is 5. The number of phenols is 1. The van der Waals surface area contributed by atoms with Gasteiger partial charge < -0.3 is 5.11 Å². The molecule has 7 nitrogen and oxygen atoms in total. The minimum Gasteiger partial charge on any atom is -0.502 e. The Morgan fingerprint density at radius 1 is 1.04 bits per heavy atom. The van der Waals surface area contributed by atoms with Crippen molar-refractivity contribution >= 4 is 11.3 Å². The van der Waals surface area contributed by atoms with E-state index in [0.717, 1.165) is 16.8 Å². The zero-order chi connectivity index (χ0) is 18.1. The molecule has 2 aromatic carbocycles. The summed E-state index contributed by atoms with van der Waals surface area (Å²) in [6.07, 6.45) is 0.438. The predicted molar refractivity (Wildman–Crippen MR) is 96.3 cm³/mol. The van der Waals surface area contributed by atoms with E-state index >= 15 is 0 Å². The number of nitroso groups, excluding NO2 is 1. The van der Waals surface area contributed by atoms with Crippen LogP contribution in [0.15, 0.2) is 60.7 Å². The summed E-state index contributed by atoms with van der Waals surface area (Å²) >= 11 is 0. The van der Waals surface area contributed by atoms with Crippen LogP contribution in [-0.4, -0.2) is 36.7 Å². The first-order chi connectivity index (χ1) is 12.6. The van der Waals surface area contributed by atoms with E-state index in [-0.39, 0.29) is 11.4 Å². The molecule has 2 aromatic heterocycles. The van der Waals surface area contributed by atoms with E-state index in [1.165, 1.54) is 13.1 Å². The smallest absolute Gasteiger partial charge is 0.297 e. The Hall–Kier alpha value is -3.61. The van der Waals surface area contributed by atoms with Crippen molar-refractivity contribution in [2.45, 2.75) is 6.42 Å². The average Bonchev–Trinajstić information content (AvgIpc) is 3.06.